The molecular weight excluding hydrogens is 304 g/mol. The van der Waals surface area contributed by atoms with Crippen LogP contribution in [0.2, 0.25) is 0 Å². The number of benzene rings is 1. The van der Waals surface area contributed by atoms with Gasteiger partial charge in [-0.2, -0.15) is 0 Å². The van der Waals surface area contributed by atoms with E-state index in [2.05, 4.69) is 15.9 Å². The van der Waals surface area contributed by atoms with Gasteiger partial charge in [-0.25, -0.2) is 0 Å². The summed E-state index contributed by atoms with van der Waals surface area (Å²) in [6, 6.07) is 11.8. The number of Topliss-reactive ketones (excluding diaryl/α,β-unsaturated/α-hetero) is 1. The van der Waals surface area contributed by atoms with Crippen molar-refractivity contribution in [3.8, 4) is 0 Å². The Kier molecular flexibility index (Phi) is 4.21. The van der Waals surface area contributed by atoms with Crippen LogP contribution in [0.4, 0.5) is 0 Å². The van der Waals surface area contributed by atoms with Crippen molar-refractivity contribution in [2.75, 3.05) is 5.75 Å². The van der Waals surface area contributed by atoms with Crippen LogP contribution in [0, 0.1) is 0 Å². The van der Waals surface area contributed by atoms with Gasteiger partial charge >= 0.3 is 0 Å². The van der Waals surface area contributed by atoms with E-state index in [1.807, 2.05) is 41.8 Å². The van der Waals surface area contributed by atoms with Crippen LogP contribution in [-0.4, -0.2) is 11.5 Å². The number of rotatable bonds is 4. The Morgan fingerprint density at radius 1 is 1.31 bits per heavy atom. The quantitative estimate of drug-likeness (QED) is 0.611. The van der Waals surface area contributed by atoms with Gasteiger partial charge in [-0.15, -0.1) is 23.1 Å². The molecule has 16 heavy (non-hydrogen) atoms. The summed E-state index contributed by atoms with van der Waals surface area (Å²) in [5.74, 6) is 0.691. The van der Waals surface area contributed by atoms with Gasteiger partial charge in [-0.05, 0) is 29.6 Å². The smallest absolute Gasteiger partial charge is 0.182 e. The van der Waals surface area contributed by atoms with Gasteiger partial charge in [-0.1, -0.05) is 28.1 Å². The first-order chi connectivity index (χ1) is 7.75. The molecular formula is C12H9BrOS2. The summed E-state index contributed by atoms with van der Waals surface area (Å²) in [6.07, 6.45) is 0. The molecule has 1 heterocycles. The number of ketones is 1. The maximum absolute atomic E-state index is 11.7. The van der Waals surface area contributed by atoms with Crippen LogP contribution < -0.4 is 0 Å². The molecule has 0 aliphatic rings. The Labute approximate surface area is 111 Å². The summed E-state index contributed by atoms with van der Waals surface area (Å²) in [5, 5.41) is 1.93. The molecule has 1 aromatic heterocycles. The lowest BCUT2D eigenvalue weighted by atomic mass is 10.3. The molecule has 82 valence electrons. The van der Waals surface area contributed by atoms with Gasteiger partial charge in [0, 0.05) is 9.37 Å². The fourth-order valence-corrected chi connectivity index (χ4v) is 3.36. The topological polar surface area (TPSA) is 17.1 Å². The van der Waals surface area contributed by atoms with Gasteiger partial charge in [0.2, 0.25) is 0 Å². The van der Waals surface area contributed by atoms with Gasteiger partial charge < -0.3 is 0 Å². The van der Waals surface area contributed by atoms with Crippen molar-refractivity contribution in [1.82, 2.24) is 0 Å². The average Bonchev–Trinajstić information content (AvgIpc) is 2.79. The average molecular weight is 313 g/mol. The van der Waals surface area contributed by atoms with Crippen molar-refractivity contribution in [2.45, 2.75) is 4.90 Å². The Hall–Kier alpha value is -0.580. The minimum absolute atomic E-state index is 0.194. The number of hydrogen-bond acceptors (Lipinski definition) is 3. The summed E-state index contributed by atoms with van der Waals surface area (Å²) in [6.45, 7) is 0. The zero-order valence-corrected chi connectivity index (χ0v) is 11.6. The standard InChI is InChI=1S/C12H9BrOS2/c13-9-3-1-4-10(7-9)16-8-11(14)12-5-2-6-15-12/h1-7H,8H2. The van der Waals surface area contributed by atoms with Crippen LogP contribution in [0.3, 0.4) is 0 Å². The van der Waals surface area contributed by atoms with Crippen LogP contribution in [0.5, 0.6) is 0 Å². The molecule has 0 bridgehead atoms. The van der Waals surface area contributed by atoms with Crippen LogP contribution in [0.15, 0.2) is 51.1 Å². The van der Waals surface area contributed by atoms with E-state index >= 15 is 0 Å². The molecule has 2 aromatic rings. The van der Waals surface area contributed by atoms with E-state index < -0.39 is 0 Å². The number of halogens is 1. The molecule has 2 rings (SSSR count). The highest BCUT2D eigenvalue weighted by Gasteiger charge is 2.07. The van der Waals surface area contributed by atoms with Crippen molar-refractivity contribution in [2.24, 2.45) is 0 Å². The third-order valence-corrected chi connectivity index (χ3v) is 4.36. The highest BCUT2D eigenvalue weighted by molar-refractivity contribution is 9.10. The SMILES string of the molecule is O=C(CSc1cccc(Br)c1)c1cccs1. The number of carbonyl (C=O) groups is 1. The molecule has 1 aromatic carbocycles. The van der Waals surface area contributed by atoms with E-state index in [1.54, 1.807) is 11.8 Å². The summed E-state index contributed by atoms with van der Waals surface area (Å²) >= 11 is 6.48. The monoisotopic (exact) mass is 312 g/mol. The molecule has 4 heteroatoms. The van der Waals surface area contributed by atoms with Crippen LogP contribution in [0.1, 0.15) is 9.67 Å². The zero-order chi connectivity index (χ0) is 11.4. The molecule has 0 saturated heterocycles. The first kappa shape index (κ1) is 11.9. The number of thiophene rings is 1. The Bertz CT molecular complexity index is 480. The van der Waals surface area contributed by atoms with E-state index in [0.717, 1.165) is 14.2 Å². The van der Waals surface area contributed by atoms with Gasteiger partial charge in [-0.3, -0.25) is 4.79 Å². The summed E-state index contributed by atoms with van der Waals surface area (Å²) in [5.41, 5.74) is 0. The summed E-state index contributed by atoms with van der Waals surface area (Å²) < 4.78 is 1.04. The maximum Gasteiger partial charge on any atom is 0.182 e. The first-order valence-electron chi connectivity index (χ1n) is 4.71. The fourth-order valence-electron chi connectivity index (χ4n) is 1.21. The molecule has 0 aliphatic heterocycles. The summed E-state index contributed by atoms with van der Waals surface area (Å²) in [7, 11) is 0. The normalized spacial score (nSPS) is 10.3. The minimum Gasteiger partial charge on any atom is -0.292 e. The molecule has 0 aliphatic carbocycles. The maximum atomic E-state index is 11.7. The third kappa shape index (κ3) is 3.20. The lowest BCUT2D eigenvalue weighted by molar-refractivity contribution is 0.102. The van der Waals surface area contributed by atoms with Crippen molar-refractivity contribution in [1.29, 1.82) is 0 Å². The van der Waals surface area contributed by atoms with E-state index in [-0.39, 0.29) is 5.78 Å². The van der Waals surface area contributed by atoms with E-state index in [1.165, 1.54) is 11.3 Å². The van der Waals surface area contributed by atoms with Gasteiger partial charge in [0.1, 0.15) is 0 Å². The van der Waals surface area contributed by atoms with Crippen molar-refractivity contribution >= 4 is 44.8 Å². The second-order valence-electron chi connectivity index (χ2n) is 3.15. The molecule has 1 nitrogen and oxygen atoms in total. The first-order valence-corrected chi connectivity index (χ1v) is 7.36. The van der Waals surface area contributed by atoms with Crippen molar-refractivity contribution in [3.05, 3.63) is 51.1 Å². The Balaban J connectivity index is 1.95. The number of hydrogen-bond donors (Lipinski definition) is 0. The lowest BCUT2D eigenvalue weighted by Gasteiger charge is -2.00. The molecule has 0 saturated carbocycles. The highest BCUT2D eigenvalue weighted by Crippen LogP contribution is 2.23. The van der Waals surface area contributed by atoms with E-state index in [0.29, 0.717) is 5.75 Å². The van der Waals surface area contributed by atoms with Crippen LogP contribution in [-0.2, 0) is 0 Å². The van der Waals surface area contributed by atoms with Crippen molar-refractivity contribution in [3.63, 3.8) is 0 Å². The predicted octanol–water partition coefficient (Wildman–Crippen LogP) is 4.49. The molecule has 0 atom stereocenters. The highest BCUT2D eigenvalue weighted by atomic mass is 79.9. The molecule has 0 radical (unpaired) electrons. The molecule has 0 amide bonds. The van der Waals surface area contributed by atoms with Gasteiger partial charge in [0.05, 0.1) is 10.6 Å². The second-order valence-corrected chi connectivity index (χ2v) is 6.06. The van der Waals surface area contributed by atoms with Gasteiger partial charge in [0.15, 0.2) is 5.78 Å². The third-order valence-electron chi connectivity index (χ3n) is 1.96. The largest absolute Gasteiger partial charge is 0.292 e. The molecule has 0 N–H and O–H groups in total. The van der Waals surface area contributed by atoms with E-state index in [4.69, 9.17) is 0 Å². The fraction of sp³-hybridized carbons (Fsp3) is 0.0833. The second kappa shape index (κ2) is 5.66. The predicted molar refractivity (Wildman–Crippen MR) is 73.5 cm³/mol. The Morgan fingerprint density at radius 3 is 2.88 bits per heavy atom. The lowest BCUT2D eigenvalue weighted by Crippen LogP contribution is -1.98. The number of thioether (sulfide) groups is 1. The Morgan fingerprint density at radius 2 is 2.19 bits per heavy atom. The number of carbonyl (C=O) groups excluding carboxylic acids is 1. The molecule has 0 fully saturated rings. The van der Waals surface area contributed by atoms with Crippen LogP contribution in [0.25, 0.3) is 0 Å². The molecule has 0 unspecified atom stereocenters. The molecule has 0 spiro atoms. The van der Waals surface area contributed by atoms with Crippen LogP contribution >= 0.6 is 39.0 Å². The zero-order valence-electron chi connectivity index (χ0n) is 8.35. The van der Waals surface area contributed by atoms with Crippen molar-refractivity contribution < 1.29 is 4.79 Å². The van der Waals surface area contributed by atoms with Gasteiger partial charge in [0.25, 0.3) is 0 Å². The van der Waals surface area contributed by atoms with E-state index in [9.17, 15) is 4.79 Å². The summed E-state index contributed by atoms with van der Waals surface area (Å²) in [4.78, 5) is 13.7. The minimum atomic E-state index is 0.194.